The van der Waals surface area contributed by atoms with Crippen molar-refractivity contribution in [2.75, 3.05) is 13.2 Å². The molecule has 0 unspecified atom stereocenters. The van der Waals surface area contributed by atoms with E-state index in [-0.39, 0.29) is 18.4 Å². The van der Waals surface area contributed by atoms with Gasteiger partial charge in [0, 0.05) is 6.54 Å². The van der Waals surface area contributed by atoms with Gasteiger partial charge in [-0.05, 0) is 54.2 Å². The van der Waals surface area contributed by atoms with Crippen molar-refractivity contribution in [3.05, 3.63) is 65.7 Å². The highest BCUT2D eigenvalue weighted by molar-refractivity contribution is 5.85. The van der Waals surface area contributed by atoms with Gasteiger partial charge in [0.2, 0.25) is 5.91 Å². The number of carbonyl (C=O) groups is 2. The lowest BCUT2D eigenvalue weighted by molar-refractivity contribution is -0.124. The third-order valence-electron chi connectivity index (χ3n) is 4.66. The molecule has 0 spiro atoms. The monoisotopic (exact) mass is 441 g/mol. The molecule has 32 heavy (non-hydrogen) atoms. The van der Waals surface area contributed by atoms with Gasteiger partial charge in [-0.2, -0.15) is 0 Å². The Kier molecular flexibility index (Phi) is 10.6. The van der Waals surface area contributed by atoms with Gasteiger partial charge in [0.05, 0.1) is 12.8 Å². The first-order valence-electron chi connectivity index (χ1n) is 10.6. The number of hydrogen-bond acceptors (Lipinski definition) is 6. The Morgan fingerprint density at radius 1 is 1.06 bits per heavy atom. The van der Waals surface area contributed by atoms with Gasteiger partial charge in [-0.15, -0.1) is 0 Å². The van der Waals surface area contributed by atoms with Crippen LogP contribution in [-0.4, -0.2) is 42.6 Å². The van der Waals surface area contributed by atoms with E-state index in [2.05, 4.69) is 15.8 Å². The minimum atomic E-state index is -0.671. The van der Waals surface area contributed by atoms with Crippen molar-refractivity contribution in [3.8, 4) is 5.75 Å². The van der Waals surface area contributed by atoms with Crippen molar-refractivity contribution in [2.24, 2.45) is 11.1 Å². The number of oxime groups is 1. The summed E-state index contributed by atoms with van der Waals surface area (Å²) in [5.74, 6) is 0.405. The molecular formula is C24H31N3O5. The Labute approximate surface area is 188 Å². The molecule has 0 aromatic heterocycles. The smallest absolute Gasteiger partial charge is 0.408 e. The van der Waals surface area contributed by atoms with E-state index >= 15 is 0 Å². The van der Waals surface area contributed by atoms with E-state index in [1.54, 1.807) is 24.3 Å². The molecule has 0 aliphatic heterocycles. The molecule has 3 N–H and O–H groups in total. The summed E-state index contributed by atoms with van der Waals surface area (Å²) in [7, 11) is 0. The van der Waals surface area contributed by atoms with Crippen molar-refractivity contribution in [2.45, 2.75) is 39.3 Å². The maximum Gasteiger partial charge on any atom is 0.408 e. The predicted octanol–water partition coefficient (Wildman–Crippen LogP) is 3.72. The third-order valence-corrected chi connectivity index (χ3v) is 4.66. The van der Waals surface area contributed by atoms with E-state index in [1.807, 2.05) is 44.2 Å². The minimum Gasteiger partial charge on any atom is -0.494 e. The van der Waals surface area contributed by atoms with Crippen LogP contribution in [0.25, 0.3) is 0 Å². The highest BCUT2D eigenvalue weighted by Gasteiger charge is 2.24. The van der Waals surface area contributed by atoms with E-state index < -0.39 is 12.1 Å². The van der Waals surface area contributed by atoms with Crippen LogP contribution in [0.15, 0.2) is 59.8 Å². The van der Waals surface area contributed by atoms with E-state index in [1.165, 1.54) is 6.21 Å². The zero-order valence-electron chi connectivity index (χ0n) is 18.5. The molecule has 0 aliphatic carbocycles. The second-order valence-electron chi connectivity index (χ2n) is 7.59. The zero-order valence-corrected chi connectivity index (χ0v) is 18.5. The molecule has 1 atom stereocenters. The molecule has 0 bridgehead atoms. The third kappa shape index (κ3) is 9.07. The van der Waals surface area contributed by atoms with Crippen LogP contribution in [0.4, 0.5) is 4.79 Å². The number of rotatable bonds is 12. The average Bonchev–Trinajstić information content (AvgIpc) is 2.80. The van der Waals surface area contributed by atoms with Gasteiger partial charge in [0.1, 0.15) is 18.4 Å². The molecule has 172 valence electrons. The highest BCUT2D eigenvalue weighted by Crippen LogP contribution is 2.11. The molecule has 0 heterocycles. The van der Waals surface area contributed by atoms with Gasteiger partial charge in [-0.25, -0.2) is 4.79 Å². The molecule has 0 radical (unpaired) electrons. The lowest BCUT2D eigenvalue weighted by Gasteiger charge is -2.21. The second-order valence-corrected chi connectivity index (χ2v) is 7.59. The van der Waals surface area contributed by atoms with E-state index in [0.29, 0.717) is 13.2 Å². The van der Waals surface area contributed by atoms with Crippen molar-refractivity contribution in [3.63, 3.8) is 0 Å². The molecule has 2 rings (SSSR count). The molecule has 2 aromatic rings. The quantitative estimate of drug-likeness (QED) is 0.201. The lowest BCUT2D eigenvalue weighted by Crippen LogP contribution is -2.50. The SMILES string of the molecule is CC(C)[C@H](NC(=O)OCc1ccccc1)C(=O)NCCCCOc1ccc(/C=N/O)cc1. The summed E-state index contributed by atoms with van der Waals surface area (Å²) in [6, 6.07) is 15.9. The molecular weight excluding hydrogens is 410 g/mol. The van der Waals surface area contributed by atoms with E-state index in [9.17, 15) is 9.59 Å². The highest BCUT2D eigenvalue weighted by atomic mass is 16.5. The summed E-state index contributed by atoms with van der Waals surface area (Å²) in [4.78, 5) is 24.6. The number of unbranched alkanes of at least 4 members (excludes halogenated alkanes) is 1. The van der Waals surface area contributed by atoms with Crippen molar-refractivity contribution in [1.82, 2.24) is 10.6 Å². The van der Waals surface area contributed by atoms with E-state index in [0.717, 1.165) is 29.7 Å². The summed E-state index contributed by atoms with van der Waals surface area (Å²) in [5.41, 5.74) is 1.66. The number of ether oxygens (including phenoxy) is 2. The van der Waals surface area contributed by atoms with Crippen molar-refractivity contribution < 1.29 is 24.3 Å². The van der Waals surface area contributed by atoms with Crippen LogP contribution in [0, 0.1) is 5.92 Å². The summed E-state index contributed by atoms with van der Waals surface area (Å²) >= 11 is 0. The topological polar surface area (TPSA) is 109 Å². The summed E-state index contributed by atoms with van der Waals surface area (Å²) in [5, 5.41) is 17.0. The van der Waals surface area contributed by atoms with Gasteiger partial charge in [-0.1, -0.05) is 49.3 Å². The molecule has 8 nitrogen and oxygen atoms in total. The van der Waals surface area contributed by atoms with Crippen molar-refractivity contribution in [1.29, 1.82) is 0 Å². The van der Waals surface area contributed by atoms with Gasteiger partial charge >= 0.3 is 6.09 Å². The largest absolute Gasteiger partial charge is 0.494 e. The molecule has 2 aromatic carbocycles. The van der Waals surface area contributed by atoms with Gasteiger partial charge in [0.25, 0.3) is 0 Å². The second kappa shape index (κ2) is 13.7. The average molecular weight is 442 g/mol. The van der Waals surface area contributed by atoms with Crippen LogP contribution >= 0.6 is 0 Å². The number of hydrogen-bond donors (Lipinski definition) is 3. The molecule has 2 amide bonds. The first-order chi connectivity index (χ1) is 15.5. The Morgan fingerprint density at radius 2 is 1.78 bits per heavy atom. The number of carbonyl (C=O) groups excluding carboxylic acids is 2. The predicted molar refractivity (Wildman–Crippen MR) is 122 cm³/mol. The van der Waals surface area contributed by atoms with E-state index in [4.69, 9.17) is 14.7 Å². The van der Waals surface area contributed by atoms with Crippen molar-refractivity contribution >= 4 is 18.2 Å². The maximum absolute atomic E-state index is 12.5. The Balaban J connectivity index is 1.65. The number of amides is 2. The minimum absolute atomic E-state index is 0.0820. The van der Waals surface area contributed by atoms with Crippen LogP contribution in [0.2, 0.25) is 0 Å². The van der Waals surface area contributed by atoms with Gasteiger partial charge in [-0.3, -0.25) is 4.79 Å². The molecule has 8 heteroatoms. The summed E-state index contributed by atoms with van der Waals surface area (Å²) in [6.45, 7) is 4.89. The van der Waals surface area contributed by atoms with Crippen LogP contribution < -0.4 is 15.4 Å². The van der Waals surface area contributed by atoms with Crippen LogP contribution in [-0.2, 0) is 16.1 Å². The maximum atomic E-state index is 12.5. The first-order valence-corrected chi connectivity index (χ1v) is 10.6. The Morgan fingerprint density at radius 3 is 2.44 bits per heavy atom. The lowest BCUT2D eigenvalue weighted by atomic mass is 10.0. The normalized spacial score (nSPS) is 11.8. The molecule has 0 aliphatic rings. The molecule has 0 fully saturated rings. The molecule has 0 saturated carbocycles. The van der Waals surface area contributed by atoms with Gasteiger partial charge < -0.3 is 25.3 Å². The van der Waals surface area contributed by atoms with Gasteiger partial charge in [0.15, 0.2) is 0 Å². The number of benzene rings is 2. The fraction of sp³-hybridized carbons (Fsp3) is 0.375. The Bertz CT molecular complexity index is 854. The summed E-state index contributed by atoms with van der Waals surface area (Å²) < 4.78 is 10.9. The number of nitrogens with one attached hydrogen (secondary N) is 2. The number of alkyl carbamates (subject to hydrolysis) is 1. The Hall–Kier alpha value is -3.55. The first kappa shape index (κ1) is 24.7. The zero-order chi connectivity index (χ0) is 23.2. The molecule has 0 saturated heterocycles. The van der Waals surface area contributed by atoms with Crippen LogP contribution in [0.1, 0.15) is 37.8 Å². The summed E-state index contributed by atoms with van der Waals surface area (Å²) in [6.07, 6.45) is 2.23. The fourth-order valence-electron chi connectivity index (χ4n) is 2.88. The number of nitrogens with zero attached hydrogens (tertiary/aromatic N) is 1. The van der Waals surface area contributed by atoms with Crippen LogP contribution in [0.3, 0.4) is 0 Å². The van der Waals surface area contributed by atoms with Crippen LogP contribution in [0.5, 0.6) is 5.75 Å². The fourth-order valence-corrected chi connectivity index (χ4v) is 2.88. The standard InChI is InChI=1S/C24H31N3O5/c1-18(2)22(27-24(29)32-17-20-8-4-3-5-9-20)23(28)25-14-6-7-15-31-21-12-10-19(11-13-21)16-26-30/h3-5,8-13,16,18,22,30H,6-7,14-15,17H2,1-2H3,(H,25,28)(H,27,29)/b26-16+/t22-/m0/s1.